The van der Waals surface area contributed by atoms with Gasteiger partial charge in [0.15, 0.2) is 0 Å². The number of carbonyl (C=O) groups is 1. The van der Waals surface area contributed by atoms with Crippen molar-refractivity contribution in [2.45, 2.75) is 26.3 Å². The van der Waals surface area contributed by atoms with Crippen LogP contribution in [-0.4, -0.2) is 18.2 Å². The summed E-state index contributed by atoms with van der Waals surface area (Å²) >= 11 is 0. The Hall–Kier alpha value is -1.68. The lowest BCUT2D eigenvalue weighted by molar-refractivity contribution is -0.118. The molecule has 0 heterocycles. The number of carbonyl (C=O) groups excluding carboxylic acids is 1. The summed E-state index contributed by atoms with van der Waals surface area (Å²) in [5.74, 6) is -0.176. The molecule has 4 heteroatoms. The molecule has 1 aromatic rings. The zero-order chi connectivity index (χ0) is 12.0. The van der Waals surface area contributed by atoms with E-state index in [-0.39, 0.29) is 11.9 Å². The molecule has 0 aliphatic rings. The molecule has 1 rings (SSSR count). The van der Waals surface area contributed by atoms with Gasteiger partial charge in [0.05, 0.1) is 6.21 Å². The summed E-state index contributed by atoms with van der Waals surface area (Å²) in [5.41, 5.74) is 10.2. The van der Waals surface area contributed by atoms with Gasteiger partial charge in [-0.2, -0.15) is 5.10 Å². The third-order valence-electron chi connectivity index (χ3n) is 1.97. The predicted octanol–water partition coefficient (Wildman–Crippen LogP) is 1.05. The summed E-state index contributed by atoms with van der Waals surface area (Å²) < 4.78 is 0. The van der Waals surface area contributed by atoms with Gasteiger partial charge in [-0.25, -0.2) is 5.43 Å². The molecule has 1 atom stereocenters. The first-order valence-corrected chi connectivity index (χ1v) is 5.22. The highest BCUT2D eigenvalue weighted by Crippen LogP contribution is 2.04. The largest absolute Gasteiger partial charge is 0.328 e. The molecule has 1 amide bonds. The lowest BCUT2D eigenvalue weighted by Gasteiger charge is -2.04. The Kier molecular flexibility index (Phi) is 4.66. The van der Waals surface area contributed by atoms with Crippen LogP contribution in [0.1, 0.15) is 25.0 Å². The van der Waals surface area contributed by atoms with Crippen LogP contribution < -0.4 is 11.2 Å². The molecule has 1 aromatic carbocycles. The van der Waals surface area contributed by atoms with Crippen LogP contribution in [0.2, 0.25) is 0 Å². The molecule has 0 aliphatic heterocycles. The number of benzene rings is 1. The van der Waals surface area contributed by atoms with Gasteiger partial charge in [-0.3, -0.25) is 4.79 Å². The van der Waals surface area contributed by atoms with Crippen molar-refractivity contribution in [3.8, 4) is 0 Å². The van der Waals surface area contributed by atoms with E-state index in [0.717, 1.165) is 12.0 Å². The molecular formula is C12H17N3O. The van der Waals surface area contributed by atoms with Crippen molar-refractivity contribution < 1.29 is 4.79 Å². The molecule has 16 heavy (non-hydrogen) atoms. The SMILES string of the molecule is CC(=O)NN=Cc1ccc(CC(C)N)cc1. The van der Waals surface area contributed by atoms with E-state index in [2.05, 4.69) is 10.5 Å². The monoisotopic (exact) mass is 219 g/mol. The van der Waals surface area contributed by atoms with Gasteiger partial charge in [0.25, 0.3) is 0 Å². The summed E-state index contributed by atoms with van der Waals surface area (Å²) in [5, 5.41) is 3.78. The lowest BCUT2D eigenvalue weighted by Crippen LogP contribution is -2.17. The average molecular weight is 219 g/mol. The van der Waals surface area contributed by atoms with E-state index in [9.17, 15) is 4.79 Å². The quantitative estimate of drug-likeness (QED) is 0.587. The van der Waals surface area contributed by atoms with Crippen LogP contribution in [0.5, 0.6) is 0 Å². The Morgan fingerprint density at radius 3 is 2.62 bits per heavy atom. The molecule has 4 nitrogen and oxygen atoms in total. The number of hydrogen-bond donors (Lipinski definition) is 2. The normalized spacial score (nSPS) is 12.7. The maximum absolute atomic E-state index is 10.6. The summed E-state index contributed by atoms with van der Waals surface area (Å²) in [6, 6.07) is 8.09. The van der Waals surface area contributed by atoms with E-state index in [1.165, 1.54) is 12.5 Å². The third-order valence-corrected chi connectivity index (χ3v) is 1.97. The van der Waals surface area contributed by atoms with Crippen LogP contribution in [0, 0.1) is 0 Å². The van der Waals surface area contributed by atoms with Crippen molar-refractivity contribution >= 4 is 12.1 Å². The van der Waals surface area contributed by atoms with E-state index in [1.807, 2.05) is 31.2 Å². The minimum absolute atomic E-state index is 0.166. The van der Waals surface area contributed by atoms with E-state index < -0.39 is 0 Å². The third kappa shape index (κ3) is 4.70. The fraction of sp³-hybridized carbons (Fsp3) is 0.333. The minimum Gasteiger partial charge on any atom is -0.328 e. The first-order chi connectivity index (χ1) is 7.58. The molecule has 3 N–H and O–H groups in total. The molecule has 0 aromatic heterocycles. The second-order valence-electron chi connectivity index (χ2n) is 3.85. The van der Waals surface area contributed by atoms with Crippen molar-refractivity contribution in [3.63, 3.8) is 0 Å². The summed E-state index contributed by atoms with van der Waals surface area (Å²) in [7, 11) is 0. The van der Waals surface area contributed by atoms with Crippen LogP contribution >= 0.6 is 0 Å². The number of nitrogens with two attached hydrogens (primary N) is 1. The lowest BCUT2D eigenvalue weighted by atomic mass is 10.1. The minimum atomic E-state index is -0.176. The number of hydrazone groups is 1. The highest BCUT2D eigenvalue weighted by atomic mass is 16.2. The van der Waals surface area contributed by atoms with Crippen LogP contribution in [0.15, 0.2) is 29.4 Å². The van der Waals surface area contributed by atoms with Gasteiger partial charge in [0, 0.05) is 13.0 Å². The topological polar surface area (TPSA) is 67.5 Å². The highest BCUT2D eigenvalue weighted by molar-refractivity contribution is 5.81. The van der Waals surface area contributed by atoms with Gasteiger partial charge in [0.2, 0.25) is 5.91 Å². The fourth-order valence-corrected chi connectivity index (χ4v) is 1.31. The summed E-state index contributed by atoms with van der Waals surface area (Å²) in [4.78, 5) is 10.6. The molecule has 0 aliphatic carbocycles. The predicted molar refractivity (Wildman–Crippen MR) is 65.2 cm³/mol. The highest BCUT2D eigenvalue weighted by Gasteiger charge is 1.97. The van der Waals surface area contributed by atoms with Gasteiger partial charge in [-0.05, 0) is 24.5 Å². The van der Waals surface area contributed by atoms with E-state index in [4.69, 9.17) is 5.73 Å². The van der Waals surface area contributed by atoms with Crippen LogP contribution in [0.25, 0.3) is 0 Å². The molecule has 0 saturated carbocycles. The smallest absolute Gasteiger partial charge is 0.236 e. The molecule has 0 spiro atoms. The van der Waals surface area contributed by atoms with Gasteiger partial charge >= 0.3 is 0 Å². The molecule has 86 valence electrons. The standard InChI is InChI=1S/C12H17N3O/c1-9(13)7-11-3-5-12(6-4-11)8-14-15-10(2)16/h3-6,8-9H,7,13H2,1-2H3,(H,15,16). The van der Waals surface area contributed by atoms with Crippen LogP contribution in [-0.2, 0) is 11.2 Å². The maximum Gasteiger partial charge on any atom is 0.236 e. The van der Waals surface area contributed by atoms with Crippen molar-refractivity contribution in [2.75, 3.05) is 0 Å². The van der Waals surface area contributed by atoms with Crippen molar-refractivity contribution in [3.05, 3.63) is 35.4 Å². The zero-order valence-corrected chi connectivity index (χ0v) is 9.60. The van der Waals surface area contributed by atoms with Crippen molar-refractivity contribution in [1.82, 2.24) is 5.43 Å². The van der Waals surface area contributed by atoms with Gasteiger partial charge in [-0.15, -0.1) is 0 Å². The molecule has 1 unspecified atom stereocenters. The maximum atomic E-state index is 10.6. The van der Waals surface area contributed by atoms with Crippen molar-refractivity contribution in [2.24, 2.45) is 10.8 Å². The molecule has 0 saturated heterocycles. The van der Waals surface area contributed by atoms with Gasteiger partial charge < -0.3 is 5.73 Å². The first kappa shape index (κ1) is 12.4. The number of nitrogens with one attached hydrogen (secondary N) is 1. The summed E-state index contributed by atoms with van der Waals surface area (Å²) in [6.07, 6.45) is 2.47. The number of amides is 1. The fourth-order valence-electron chi connectivity index (χ4n) is 1.31. The second kappa shape index (κ2) is 6.02. The molecule has 0 radical (unpaired) electrons. The number of nitrogens with zero attached hydrogens (tertiary/aromatic N) is 1. The number of rotatable bonds is 4. The molecule has 0 bridgehead atoms. The van der Waals surface area contributed by atoms with Crippen LogP contribution in [0.4, 0.5) is 0 Å². The average Bonchev–Trinajstić information content (AvgIpc) is 2.19. The Bertz CT molecular complexity index is 368. The Morgan fingerprint density at radius 1 is 1.50 bits per heavy atom. The Morgan fingerprint density at radius 2 is 2.12 bits per heavy atom. The zero-order valence-electron chi connectivity index (χ0n) is 9.60. The molecule has 0 fully saturated rings. The van der Waals surface area contributed by atoms with E-state index in [1.54, 1.807) is 6.21 Å². The van der Waals surface area contributed by atoms with Crippen molar-refractivity contribution in [1.29, 1.82) is 0 Å². The Labute approximate surface area is 95.5 Å². The first-order valence-electron chi connectivity index (χ1n) is 5.22. The van der Waals surface area contributed by atoms with E-state index in [0.29, 0.717) is 0 Å². The van der Waals surface area contributed by atoms with Gasteiger partial charge in [0.1, 0.15) is 0 Å². The van der Waals surface area contributed by atoms with E-state index >= 15 is 0 Å². The molecular weight excluding hydrogens is 202 g/mol. The second-order valence-corrected chi connectivity index (χ2v) is 3.85. The number of hydrogen-bond acceptors (Lipinski definition) is 3. The summed E-state index contributed by atoms with van der Waals surface area (Å²) in [6.45, 7) is 3.40. The van der Waals surface area contributed by atoms with Gasteiger partial charge in [-0.1, -0.05) is 24.3 Å². The van der Waals surface area contributed by atoms with Crippen LogP contribution in [0.3, 0.4) is 0 Å². The Balaban J connectivity index is 2.57.